The van der Waals surface area contributed by atoms with Crippen molar-refractivity contribution in [1.29, 1.82) is 0 Å². The molecule has 0 aliphatic carbocycles. The Morgan fingerprint density at radius 2 is 1.38 bits per heavy atom. The molecular formula is C25H33N5O9. The van der Waals surface area contributed by atoms with Gasteiger partial charge in [0.2, 0.25) is 17.7 Å². The number of hydrogen-bond donors (Lipinski definition) is 8. The van der Waals surface area contributed by atoms with Gasteiger partial charge in [-0.2, -0.15) is 0 Å². The summed E-state index contributed by atoms with van der Waals surface area (Å²) in [5, 5.41) is 35.5. The minimum Gasteiger partial charge on any atom is -0.481 e. The van der Waals surface area contributed by atoms with Crippen LogP contribution in [0.25, 0.3) is 10.9 Å². The maximum Gasteiger partial charge on any atom is 0.326 e. The molecule has 212 valence electrons. The van der Waals surface area contributed by atoms with Gasteiger partial charge in [-0.1, -0.05) is 32.0 Å². The first-order valence-electron chi connectivity index (χ1n) is 12.2. The van der Waals surface area contributed by atoms with Crippen LogP contribution in [0.4, 0.5) is 0 Å². The van der Waals surface area contributed by atoms with Crippen molar-refractivity contribution in [2.75, 3.05) is 0 Å². The molecule has 0 aliphatic rings. The van der Waals surface area contributed by atoms with Crippen molar-refractivity contribution in [3.63, 3.8) is 0 Å². The maximum absolute atomic E-state index is 13.0. The molecule has 0 radical (unpaired) electrons. The quantitative estimate of drug-likeness (QED) is 0.143. The van der Waals surface area contributed by atoms with Crippen LogP contribution in [-0.4, -0.2) is 80.1 Å². The Morgan fingerprint density at radius 1 is 0.821 bits per heavy atom. The SMILES string of the molecule is CC(C)CC(NC(=O)C(N)CC(=O)O)C(=O)NC(CC(=O)O)C(=O)NC(Cc1c[nH]c2ccccc12)C(=O)O. The number of aromatic amines is 1. The molecule has 4 atom stereocenters. The van der Waals surface area contributed by atoms with E-state index in [-0.39, 0.29) is 18.8 Å². The molecule has 14 nitrogen and oxygen atoms in total. The normalized spacial score (nSPS) is 14.2. The first-order chi connectivity index (χ1) is 18.3. The van der Waals surface area contributed by atoms with Crippen LogP contribution >= 0.6 is 0 Å². The minimum atomic E-state index is -1.67. The van der Waals surface area contributed by atoms with E-state index in [2.05, 4.69) is 20.9 Å². The number of aromatic nitrogens is 1. The van der Waals surface area contributed by atoms with Gasteiger partial charge in [0.05, 0.1) is 18.9 Å². The lowest BCUT2D eigenvalue weighted by Gasteiger charge is -2.25. The number of nitrogens with one attached hydrogen (secondary N) is 4. The smallest absolute Gasteiger partial charge is 0.326 e. The first kappa shape index (κ1) is 30.8. The Kier molecular flexibility index (Phi) is 11.0. The van der Waals surface area contributed by atoms with Gasteiger partial charge >= 0.3 is 17.9 Å². The van der Waals surface area contributed by atoms with E-state index < -0.39 is 72.6 Å². The summed E-state index contributed by atoms with van der Waals surface area (Å²) in [5.74, 6) is -7.14. The lowest BCUT2D eigenvalue weighted by molar-refractivity contribution is -0.143. The van der Waals surface area contributed by atoms with Crippen LogP contribution in [0.2, 0.25) is 0 Å². The van der Waals surface area contributed by atoms with E-state index in [9.17, 15) is 39.0 Å². The second-order valence-corrected chi connectivity index (χ2v) is 9.52. The number of hydrogen-bond acceptors (Lipinski definition) is 7. The van der Waals surface area contributed by atoms with Crippen molar-refractivity contribution in [2.24, 2.45) is 11.7 Å². The highest BCUT2D eigenvalue weighted by atomic mass is 16.4. The van der Waals surface area contributed by atoms with E-state index in [0.717, 1.165) is 10.9 Å². The topological polar surface area (TPSA) is 241 Å². The summed E-state index contributed by atoms with van der Waals surface area (Å²) >= 11 is 0. The predicted octanol–water partition coefficient (Wildman–Crippen LogP) is -0.428. The van der Waals surface area contributed by atoms with Crippen LogP contribution in [0.1, 0.15) is 38.7 Å². The van der Waals surface area contributed by atoms with Gasteiger partial charge in [0.1, 0.15) is 18.1 Å². The summed E-state index contributed by atoms with van der Waals surface area (Å²) in [7, 11) is 0. The van der Waals surface area contributed by atoms with Crippen LogP contribution < -0.4 is 21.7 Å². The Balaban J connectivity index is 2.19. The summed E-state index contributed by atoms with van der Waals surface area (Å²) in [6, 6.07) is 1.34. The fraction of sp³-hybridized carbons (Fsp3) is 0.440. The third-order valence-electron chi connectivity index (χ3n) is 5.80. The van der Waals surface area contributed by atoms with Crippen LogP contribution in [0.3, 0.4) is 0 Å². The number of H-pyrrole nitrogens is 1. The van der Waals surface area contributed by atoms with Crippen LogP contribution in [-0.2, 0) is 35.2 Å². The molecule has 2 rings (SSSR count). The summed E-state index contributed by atoms with van der Waals surface area (Å²) in [4.78, 5) is 75.5. The van der Waals surface area contributed by atoms with Crippen LogP contribution in [0, 0.1) is 5.92 Å². The van der Waals surface area contributed by atoms with Gasteiger partial charge in [0.15, 0.2) is 0 Å². The van der Waals surface area contributed by atoms with Crippen molar-refractivity contribution in [1.82, 2.24) is 20.9 Å². The third kappa shape index (κ3) is 9.41. The monoisotopic (exact) mass is 547 g/mol. The van der Waals surface area contributed by atoms with Gasteiger partial charge in [-0.25, -0.2) is 4.79 Å². The Labute approximate surface area is 223 Å². The largest absolute Gasteiger partial charge is 0.481 e. The Bertz CT molecular complexity index is 1230. The number of benzene rings is 1. The predicted molar refractivity (Wildman–Crippen MR) is 137 cm³/mol. The second-order valence-electron chi connectivity index (χ2n) is 9.52. The van der Waals surface area contributed by atoms with Crippen molar-refractivity contribution in [3.05, 3.63) is 36.0 Å². The average Bonchev–Trinajstić information content (AvgIpc) is 3.24. The van der Waals surface area contributed by atoms with Gasteiger partial charge in [0.25, 0.3) is 0 Å². The zero-order chi connectivity index (χ0) is 29.3. The average molecular weight is 548 g/mol. The Morgan fingerprint density at radius 3 is 1.97 bits per heavy atom. The summed E-state index contributed by atoms with van der Waals surface area (Å²) < 4.78 is 0. The van der Waals surface area contributed by atoms with Crippen molar-refractivity contribution >= 4 is 46.5 Å². The number of amides is 3. The lowest BCUT2D eigenvalue weighted by atomic mass is 10.0. The zero-order valence-electron chi connectivity index (χ0n) is 21.5. The molecule has 0 saturated carbocycles. The molecular weight excluding hydrogens is 514 g/mol. The molecule has 4 unspecified atom stereocenters. The number of carboxylic acids is 3. The van der Waals surface area contributed by atoms with Crippen molar-refractivity contribution in [3.8, 4) is 0 Å². The number of fused-ring (bicyclic) bond motifs is 1. The van der Waals surface area contributed by atoms with Crippen LogP contribution in [0.5, 0.6) is 0 Å². The van der Waals surface area contributed by atoms with E-state index in [4.69, 9.17) is 10.8 Å². The highest BCUT2D eigenvalue weighted by Gasteiger charge is 2.32. The van der Waals surface area contributed by atoms with E-state index in [1.54, 1.807) is 44.3 Å². The van der Waals surface area contributed by atoms with Gasteiger partial charge in [-0.3, -0.25) is 24.0 Å². The lowest BCUT2D eigenvalue weighted by Crippen LogP contribution is -2.58. The van der Waals surface area contributed by atoms with Gasteiger partial charge in [-0.15, -0.1) is 0 Å². The van der Waals surface area contributed by atoms with E-state index >= 15 is 0 Å². The summed E-state index contributed by atoms with van der Waals surface area (Å²) in [6.45, 7) is 3.49. The molecule has 14 heteroatoms. The third-order valence-corrected chi connectivity index (χ3v) is 5.80. The van der Waals surface area contributed by atoms with Crippen molar-refractivity contribution < 1.29 is 44.1 Å². The molecule has 9 N–H and O–H groups in total. The first-order valence-corrected chi connectivity index (χ1v) is 12.2. The van der Waals surface area contributed by atoms with Gasteiger partial charge in [-0.05, 0) is 24.0 Å². The Hall–Kier alpha value is -4.46. The fourth-order valence-electron chi connectivity index (χ4n) is 3.91. The number of carboxylic acid groups (broad SMARTS) is 3. The van der Waals surface area contributed by atoms with Crippen molar-refractivity contribution in [2.45, 2.75) is 63.7 Å². The van der Waals surface area contributed by atoms with E-state index in [0.29, 0.717) is 5.56 Å². The number of nitrogens with two attached hydrogens (primary N) is 1. The number of aliphatic carboxylic acids is 3. The molecule has 0 fully saturated rings. The summed E-state index contributed by atoms with van der Waals surface area (Å²) in [6.07, 6.45) is 0.0116. The summed E-state index contributed by atoms with van der Waals surface area (Å²) in [5.41, 5.74) is 6.93. The number of rotatable bonds is 15. The molecule has 39 heavy (non-hydrogen) atoms. The molecule has 2 aromatic rings. The van der Waals surface area contributed by atoms with E-state index in [1.807, 2.05) is 0 Å². The molecule has 0 aliphatic heterocycles. The van der Waals surface area contributed by atoms with Gasteiger partial charge < -0.3 is 42.0 Å². The molecule has 1 aromatic carbocycles. The minimum absolute atomic E-state index is 0.0666. The second kappa shape index (κ2) is 13.9. The highest BCUT2D eigenvalue weighted by Crippen LogP contribution is 2.19. The van der Waals surface area contributed by atoms with E-state index in [1.165, 1.54) is 0 Å². The van der Waals surface area contributed by atoms with Crippen LogP contribution in [0.15, 0.2) is 30.5 Å². The standard InChI is InChI=1S/C25H33N5O9/c1-12(2)7-17(28-22(35)15(26)9-20(31)32)23(36)29-18(10-21(33)34)24(37)30-19(25(38)39)8-13-11-27-16-6-4-3-5-14(13)16/h3-6,11-12,15,17-19,27H,7-10,26H2,1-2H3,(H,28,35)(H,29,36)(H,30,37)(H,31,32)(H,33,34)(H,38,39). The molecule has 0 bridgehead atoms. The molecule has 0 spiro atoms. The van der Waals surface area contributed by atoms with Gasteiger partial charge in [0, 0.05) is 23.5 Å². The zero-order valence-corrected chi connectivity index (χ0v) is 21.5. The fourth-order valence-corrected chi connectivity index (χ4v) is 3.91. The molecule has 0 saturated heterocycles. The number of carbonyl (C=O) groups excluding carboxylic acids is 3. The number of para-hydroxylation sites is 1. The number of carbonyl (C=O) groups is 6. The molecule has 1 heterocycles. The molecule has 3 amide bonds. The highest BCUT2D eigenvalue weighted by molar-refractivity contribution is 5.96. The maximum atomic E-state index is 13.0. The molecule has 1 aromatic heterocycles.